The van der Waals surface area contributed by atoms with Gasteiger partial charge in [0, 0.05) is 22.2 Å². The molecule has 0 atom stereocenters. The smallest absolute Gasteiger partial charge is 0.147 e. The fourth-order valence-corrected chi connectivity index (χ4v) is 3.10. The average molecular weight is 308 g/mol. The molecule has 0 saturated carbocycles. The fourth-order valence-electron chi connectivity index (χ4n) is 2.88. The van der Waals surface area contributed by atoms with E-state index < -0.39 is 0 Å². The lowest BCUT2D eigenvalue weighted by atomic mass is 10.1. The van der Waals surface area contributed by atoms with Crippen molar-refractivity contribution in [3.8, 4) is 11.3 Å². The highest BCUT2D eigenvalue weighted by Crippen LogP contribution is 2.32. The van der Waals surface area contributed by atoms with E-state index in [1.54, 1.807) is 0 Å². The van der Waals surface area contributed by atoms with Gasteiger partial charge in [-0.1, -0.05) is 41.9 Å². The Balaban J connectivity index is 2.07. The van der Waals surface area contributed by atoms with Crippen molar-refractivity contribution in [3.05, 3.63) is 65.3 Å². The largest absolute Gasteiger partial charge is 0.383 e. The van der Waals surface area contributed by atoms with Crippen LogP contribution in [0.15, 0.2) is 54.7 Å². The van der Waals surface area contributed by atoms with E-state index in [0.717, 1.165) is 33.2 Å². The third-order valence-electron chi connectivity index (χ3n) is 4.00. The Hall–Kier alpha value is -2.52. The first-order chi connectivity index (χ1) is 10.6. The molecule has 4 aromatic rings. The third kappa shape index (κ3) is 1.86. The molecule has 0 amide bonds. The van der Waals surface area contributed by atoms with Crippen LogP contribution in [0.3, 0.4) is 0 Å². The Morgan fingerprint density at radius 3 is 2.73 bits per heavy atom. The predicted octanol–water partition coefficient (Wildman–Crippen LogP) is 4.70. The first kappa shape index (κ1) is 13.2. The van der Waals surface area contributed by atoms with Crippen LogP contribution in [0.5, 0.6) is 0 Å². The Bertz CT molecular complexity index is 1020. The molecule has 0 unspecified atom stereocenters. The maximum Gasteiger partial charge on any atom is 0.147 e. The maximum atomic E-state index is 6.34. The zero-order valence-corrected chi connectivity index (χ0v) is 12.8. The van der Waals surface area contributed by atoms with Crippen LogP contribution in [0.25, 0.3) is 27.7 Å². The second-order valence-electron chi connectivity index (χ2n) is 5.40. The molecular formula is C18H14ClN3. The van der Waals surface area contributed by atoms with Crippen LogP contribution in [0, 0.1) is 6.92 Å². The van der Waals surface area contributed by atoms with Gasteiger partial charge >= 0.3 is 0 Å². The highest BCUT2D eigenvalue weighted by Gasteiger charge is 2.15. The van der Waals surface area contributed by atoms with Crippen LogP contribution in [-0.4, -0.2) is 9.38 Å². The molecule has 2 aromatic heterocycles. The van der Waals surface area contributed by atoms with Crippen LogP contribution in [-0.2, 0) is 0 Å². The SMILES string of the molecule is Cc1cc(Cl)ccc1-c1nc2c3ccccc3ccn2c1N. The van der Waals surface area contributed by atoms with Crippen molar-refractivity contribution in [2.75, 3.05) is 5.73 Å². The van der Waals surface area contributed by atoms with Crippen LogP contribution >= 0.6 is 11.6 Å². The molecule has 0 aliphatic rings. The second-order valence-corrected chi connectivity index (χ2v) is 5.84. The van der Waals surface area contributed by atoms with Crippen molar-refractivity contribution in [1.82, 2.24) is 9.38 Å². The number of nitrogens with zero attached hydrogens (tertiary/aromatic N) is 2. The van der Waals surface area contributed by atoms with E-state index >= 15 is 0 Å². The summed E-state index contributed by atoms with van der Waals surface area (Å²) in [5.41, 5.74) is 10.1. The van der Waals surface area contributed by atoms with Gasteiger partial charge in [0.1, 0.15) is 17.2 Å². The monoisotopic (exact) mass is 307 g/mol. The number of fused-ring (bicyclic) bond motifs is 3. The number of imidazole rings is 1. The molecule has 0 aliphatic heterocycles. The number of halogens is 1. The van der Waals surface area contributed by atoms with Crippen LogP contribution < -0.4 is 5.73 Å². The summed E-state index contributed by atoms with van der Waals surface area (Å²) < 4.78 is 1.94. The molecule has 108 valence electrons. The Labute approximate surface area is 133 Å². The van der Waals surface area contributed by atoms with Crippen molar-refractivity contribution < 1.29 is 0 Å². The van der Waals surface area contributed by atoms with Gasteiger partial charge in [0.25, 0.3) is 0 Å². The quantitative estimate of drug-likeness (QED) is 0.554. The van der Waals surface area contributed by atoms with E-state index in [0.29, 0.717) is 10.8 Å². The number of hydrogen-bond donors (Lipinski definition) is 1. The normalized spacial score (nSPS) is 11.4. The number of hydrogen-bond acceptors (Lipinski definition) is 2. The van der Waals surface area contributed by atoms with E-state index in [2.05, 4.69) is 18.2 Å². The van der Waals surface area contributed by atoms with E-state index in [9.17, 15) is 0 Å². The third-order valence-corrected chi connectivity index (χ3v) is 4.23. The zero-order chi connectivity index (χ0) is 15.3. The van der Waals surface area contributed by atoms with Gasteiger partial charge in [0.05, 0.1) is 0 Å². The molecule has 2 heterocycles. The number of anilines is 1. The van der Waals surface area contributed by atoms with E-state index in [1.807, 2.05) is 47.9 Å². The number of pyridine rings is 1. The molecule has 0 fully saturated rings. The summed E-state index contributed by atoms with van der Waals surface area (Å²) in [6, 6.07) is 16.0. The zero-order valence-electron chi connectivity index (χ0n) is 12.0. The Morgan fingerprint density at radius 1 is 1.09 bits per heavy atom. The molecule has 2 N–H and O–H groups in total. The molecule has 0 spiro atoms. The van der Waals surface area contributed by atoms with Crippen LogP contribution in [0.2, 0.25) is 5.02 Å². The van der Waals surface area contributed by atoms with Crippen LogP contribution in [0.1, 0.15) is 5.56 Å². The number of nitrogen functional groups attached to an aromatic ring is 1. The average Bonchev–Trinajstić information content (AvgIpc) is 2.85. The summed E-state index contributed by atoms with van der Waals surface area (Å²) >= 11 is 6.04. The van der Waals surface area contributed by atoms with Crippen molar-refractivity contribution >= 4 is 33.8 Å². The molecule has 2 aromatic carbocycles. The second kappa shape index (κ2) is 4.75. The Morgan fingerprint density at radius 2 is 1.91 bits per heavy atom. The molecule has 0 aliphatic carbocycles. The van der Waals surface area contributed by atoms with Gasteiger partial charge in [-0.05, 0) is 36.1 Å². The van der Waals surface area contributed by atoms with Gasteiger partial charge in [0.2, 0.25) is 0 Å². The van der Waals surface area contributed by atoms with Crippen molar-refractivity contribution in [3.63, 3.8) is 0 Å². The fraction of sp³-hybridized carbons (Fsp3) is 0.0556. The van der Waals surface area contributed by atoms with Gasteiger partial charge in [0.15, 0.2) is 0 Å². The maximum absolute atomic E-state index is 6.34. The molecule has 4 heteroatoms. The lowest BCUT2D eigenvalue weighted by Gasteiger charge is -2.04. The molecule has 4 rings (SSSR count). The minimum Gasteiger partial charge on any atom is -0.383 e. The number of benzene rings is 2. The molecule has 22 heavy (non-hydrogen) atoms. The lowest BCUT2D eigenvalue weighted by Crippen LogP contribution is -1.94. The van der Waals surface area contributed by atoms with Crippen molar-refractivity contribution in [2.45, 2.75) is 6.92 Å². The number of aromatic nitrogens is 2. The minimum absolute atomic E-state index is 0.645. The van der Waals surface area contributed by atoms with E-state index in [4.69, 9.17) is 22.3 Å². The van der Waals surface area contributed by atoms with Gasteiger partial charge in [-0.3, -0.25) is 4.40 Å². The van der Waals surface area contributed by atoms with Crippen molar-refractivity contribution in [1.29, 1.82) is 0 Å². The first-order valence-electron chi connectivity index (χ1n) is 7.07. The van der Waals surface area contributed by atoms with E-state index in [-0.39, 0.29) is 0 Å². The van der Waals surface area contributed by atoms with Crippen molar-refractivity contribution in [2.24, 2.45) is 0 Å². The predicted molar refractivity (Wildman–Crippen MR) is 92.3 cm³/mol. The number of nitrogens with two attached hydrogens (primary N) is 1. The summed E-state index contributed by atoms with van der Waals surface area (Å²) in [6.45, 7) is 2.02. The van der Waals surface area contributed by atoms with Gasteiger partial charge in [-0.2, -0.15) is 0 Å². The van der Waals surface area contributed by atoms with E-state index in [1.165, 1.54) is 0 Å². The summed E-state index contributed by atoms with van der Waals surface area (Å²) in [5.74, 6) is 0.645. The summed E-state index contributed by atoms with van der Waals surface area (Å²) in [7, 11) is 0. The standard InChI is InChI=1S/C18H14ClN3/c1-11-10-13(19)6-7-14(11)16-17(20)22-9-8-12-4-2-3-5-15(12)18(22)21-16/h2-10H,20H2,1H3. The Kier molecular flexibility index (Phi) is 2.84. The van der Waals surface area contributed by atoms with Gasteiger partial charge in [-0.25, -0.2) is 4.98 Å². The van der Waals surface area contributed by atoms with Gasteiger partial charge < -0.3 is 5.73 Å². The first-order valence-corrected chi connectivity index (χ1v) is 7.45. The lowest BCUT2D eigenvalue weighted by molar-refractivity contribution is 1.21. The number of aryl methyl sites for hydroxylation is 1. The molecule has 0 radical (unpaired) electrons. The van der Waals surface area contributed by atoms with Crippen LogP contribution in [0.4, 0.5) is 5.82 Å². The highest BCUT2D eigenvalue weighted by molar-refractivity contribution is 6.30. The summed E-state index contributed by atoms with van der Waals surface area (Å²) in [6.07, 6.45) is 1.97. The molecule has 0 saturated heterocycles. The molecule has 3 nitrogen and oxygen atoms in total. The van der Waals surface area contributed by atoms with Gasteiger partial charge in [-0.15, -0.1) is 0 Å². The summed E-state index contributed by atoms with van der Waals surface area (Å²) in [5, 5.41) is 2.96. The minimum atomic E-state index is 0.645. The molecule has 0 bridgehead atoms. The topological polar surface area (TPSA) is 43.3 Å². The summed E-state index contributed by atoms with van der Waals surface area (Å²) in [4.78, 5) is 4.80. The molecular weight excluding hydrogens is 294 g/mol. The highest BCUT2D eigenvalue weighted by atomic mass is 35.5. The number of rotatable bonds is 1.